The smallest absolute Gasteiger partial charge is 0.497 e. The Morgan fingerprint density at radius 3 is 2.10 bits per heavy atom. The summed E-state index contributed by atoms with van der Waals surface area (Å²) in [6.45, 7) is 0.0370. The van der Waals surface area contributed by atoms with Crippen molar-refractivity contribution in [2.45, 2.75) is 25.4 Å². The summed E-state index contributed by atoms with van der Waals surface area (Å²) in [4.78, 5) is 41.1. The molecule has 214 valence electrons. The van der Waals surface area contributed by atoms with E-state index < -0.39 is 35.9 Å². The van der Waals surface area contributed by atoms with E-state index in [1.807, 2.05) is 0 Å². The lowest BCUT2D eigenvalue weighted by Crippen LogP contribution is -2.37. The first-order valence-corrected chi connectivity index (χ1v) is 12.5. The lowest BCUT2D eigenvalue weighted by molar-refractivity contribution is -0.274. The van der Waals surface area contributed by atoms with Crippen LogP contribution in [-0.2, 0) is 20.9 Å². The van der Waals surface area contributed by atoms with Gasteiger partial charge in [-0.1, -0.05) is 12.1 Å². The van der Waals surface area contributed by atoms with Crippen LogP contribution in [0.15, 0.2) is 72.8 Å². The Labute approximate surface area is 238 Å². The average Bonchev–Trinajstić information content (AvgIpc) is 3.17. The quantitative estimate of drug-likeness (QED) is 0.279. The number of hydrogen-bond donors (Lipinski definition) is 1. The predicted molar refractivity (Wildman–Crippen MR) is 147 cm³/mol. The van der Waals surface area contributed by atoms with Gasteiger partial charge in [0.25, 0.3) is 5.91 Å². The number of nitrogens with zero attached hydrogens (tertiary/aromatic N) is 2. The summed E-state index contributed by atoms with van der Waals surface area (Å²) in [5, 5.41) is 2.82. The number of rotatable bonds is 9. The van der Waals surface area contributed by atoms with E-state index in [-0.39, 0.29) is 18.1 Å². The van der Waals surface area contributed by atoms with E-state index in [0.29, 0.717) is 28.3 Å². The van der Waals surface area contributed by atoms with Crippen LogP contribution >= 0.6 is 12.2 Å². The second-order valence-electron chi connectivity index (χ2n) is 8.81. The number of esters is 1. The Kier molecular flexibility index (Phi) is 8.77. The number of anilines is 2. The number of hydrogen-bond acceptors (Lipinski definition) is 7. The monoisotopic (exact) mass is 587 g/mol. The van der Waals surface area contributed by atoms with Gasteiger partial charge in [-0.2, -0.15) is 0 Å². The number of methoxy groups -OCH3 is 2. The van der Waals surface area contributed by atoms with Crippen LogP contribution in [0.1, 0.15) is 22.3 Å². The highest BCUT2D eigenvalue weighted by molar-refractivity contribution is 7.80. The number of ether oxygens (including phenoxy) is 3. The summed E-state index contributed by atoms with van der Waals surface area (Å²) in [7, 11) is 2.76. The van der Waals surface area contributed by atoms with Gasteiger partial charge in [-0.15, -0.1) is 13.2 Å². The van der Waals surface area contributed by atoms with Crippen molar-refractivity contribution >= 4 is 46.5 Å². The molecule has 4 rings (SSSR count). The summed E-state index contributed by atoms with van der Waals surface area (Å²) < 4.78 is 51.4. The van der Waals surface area contributed by atoms with Crippen molar-refractivity contribution in [1.29, 1.82) is 0 Å². The average molecular weight is 588 g/mol. The molecule has 0 spiro atoms. The van der Waals surface area contributed by atoms with Crippen LogP contribution in [0.4, 0.5) is 24.5 Å². The van der Waals surface area contributed by atoms with Gasteiger partial charge in [0, 0.05) is 12.2 Å². The van der Waals surface area contributed by atoms with Gasteiger partial charge in [0.15, 0.2) is 5.11 Å². The number of alkyl halides is 3. The molecule has 3 aromatic carbocycles. The molecule has 0 radical (unpaired) electrons. The maximum atomic E-state index is 13.6. The summed E-state index contributed by atoms with van der Waals surface area (Å²) in [5.74, 6) is -1.30. The highest BCUT2D eigenvalue weighted by atomic mass is 32.1. The van der Waals surface area contributed by atoms with Crippen molar-refractivity contribution in [1.82, 2.24) is 4.90 Å². The SMILES string of the molecule is COC(=O)c1ccc(NC(=O)C[C@H]2C(=O)N(c3ccc(OC)cc3)C(=S)N2Cc2ccc(OC(F)(F)F)cc2)cc1. The van der Waals surface area contributed by atoms with Crippen LogP contribution in [0.3, 0.4) is 0 Å². The van der Waals surface area contributed by atoms with Crippen molar-refractivity contribution in [3.05, 3.63) is 83.9 Å². The third-order valence-electron chi connectivity index (χ3n) is 6.13. The Bertz CT molecular complexity index is 1430. The van der Waals surface area contributed by atoms with Crippen LogP contribution in [-0.4, -0.2) is 54.4 Å². The van der Waals surface area contributed by atoms with E-state index in [0.717, 1.165) is 12.1 Å². The molecule has 3 aromatic rings. The normalized spacial score (nSPS) is 15.1. The third-order valence-corrected chi connectivity index (χ3v) is 6.54. The van der Waals surface area contributed by atoms with Crippen molar-refractivity contribution in [2.75, 3.05) is 24.4 Å². The Morgan fingerprint density at radius 2 is 1.54 bits per heavy atom. The van der Waals surface area contributed by atoms with E-state index in [9.17, 15) is 27.6 Å². The Morgan fingerprint density at radius 1 is 0.927 bits per heavy atom. The van der Waals surface area contributed by atoms with Gasteiger partial charge < -0.3 is 24.4 Å². The van der Waals surface area contributed by atoms with Crippen molar-refractivity contribution < 1.29 is 41.8 Å². The molecule has 0 saturated carbocycles. The van der Waals surface area contributed by atoms with Crippen LogP contribution in [0, 0.1) is 0 Å². The number of halogens is 3. The minimum atomic E-state index is -4.83. The molecule has 1 heterocycles. The van der Waals surface area contributed by atoms with Gasteiger partial charge in [0.1, 0.15) is 17.5 Å². The maximum absolute atomic E-state index is 13.6. The number of thiocarbonyl (C=S) groups is 1. The lowest BCUT2D eigenvalue weighted by atomic mass is 10.1. The molecule has 1 aliphatic heterocycles. The number of carbonyl (C=O) groups excluding carboxylic acids is 3. The summed E-state index contributed by atoms with van der Waals surface area (Å²) in [6.07, 6.45) is -5.11. The highest BCUT2D eigenvalue weighted by Gasteiger charge is 2.44. The van der Waals surface area contributed by atoms with Gasteiger partial charge in [-0.05, 0) is 78.4 Å². The van der Waals surface area contributed by atoms with Crippen LogP contribution < -0.4 is 19.7 Å². The summed E-state index contributed by atoms with van der Waals surface area (Å²) >= 11 is 5.64. The highest BCUT2D eigenvalue weighted by Crippen LogP contribution is 2.31. The van der Waals surface area contributed by atoms with E-state index in [1.54, 1.807) is 29.2 Å². The lowest BCUT2D eigenvalue weighted by Gasteiger charge is -2.24. The summed E-state index contributed by atoms with van der Waals surface area (Å²) in [6, 6.07) is 16.8. The molecule has 1 fully saturated rings. The number of nitrogens with one attached hydrogen (secondary N) is 1. The van der Waals surface area contributed by atoms with E-state index in [2.05, 4.69) is 14.8 Å². The maximum Gasteiger partial charge on any atom is 0.573 e. The second kappa shape index (κ2) is 12.3. The molecule has 41 heavy (non-hydrogen) atoms. The molecule has 1 N–H and O–H groups in total. The number of amides is 2. The number of carbonyl (C=O) groups is 3. The van der Waals surface area contributed by atoms with Crippen molar-refractivity contribution in [3.8, 4) is 11.5 Å². The fourth-order valence-corrected chi connectivity index (χ4v) is 4.56. The van der Waals surface area contributed by atoms with Gasteiger partial charge in [-0.3, -0.25) is 14.5 Å². The predicted octanol–water partition coefficient (Wildman–Crippen LogP) is 4.91. The molecule has 1 saturated heterocycles. The van der Waals surface area contributed by atoms with E-state index in [4.69, 9.17) is 17.0 Å². The zero-order valence-corrected chi connectivity index (χ0v) is 22.6. The number of benzene rings is 3. The molecule has 0 aliphatic carbocycles. The van der Waals surface area contributed by atoms with Crippen molar-refractivity contribution in [2.24, 2.45) is 0 Å². The summed E-state index contributed by atoms with van der Waals surface area (Å²) in [5.41, 5.74) is 1.69. The third kappa shape index (κ3) is 7.11. The molecule has 1 atom stereocenters. The van der Waals surface area contributed by atoms with Gasteiger partial charge in [-0.25, -0.2) is 4.79 Å². The first-order chi connectivity index (χ1) is 19.5. The molecule has 0 aromatic heterocycles. The Hall–Kier alpha value is -4.65. The van der Waals surface area contributed by atoms with Crippen LogP contribution in [0.2, 0.25) is 0 Å². The minimum Gasteiger partial charge on any atom is -0.497 e. The molecule has 2 amide bonds. The molecule has 9 nitrogen and oxygen atoms in total. The first kappa shape index (κ1) is 29.3. The minimum absolute atomic E-state index is 0.0370. The molecule has 0 bridgehead atoms. The van der Waals surface area contributed by atoms with Gasteiger partial charge >= 0.3 is 12.3 Å². The van der Waals surface area contributed by atoms with E-state index in [1.165, 1.54) is 55.5 Å². The zero-order chi connectivity index (χ0) is 29.7. The van der Waals surface area contributed by atoms with Crippen LogP contribution in [0.5, 0.6) is 11.5 Å². The fraction of sp³-hybridized carbons (Fsp3) is 0.214. The molecule has 1 aliphatic rings. The molecule has 0 unspecified atom stereocenters. The topological polar surface area (TPSA) is 97.4 Å². The van der Waals surface area contributed by atoms with Gasteiger partial charge in [0.05, 0.1) is 31.9 Å². The molecular weight excluding hydrogens is 563 g/mol. The second-order valence-corrected chi connectivity index (χ2v) is 9.18. The Balaban J connectivity index is 1.56. The van der Waals surface area contributed by atoms with Crippen LogP contribution in [0.25, 0.3) is 0 Å². The first-order valence-electron chi connectivity index (χ1n) is 12.1. The molecule has 13 heteroatoms. The van der Waals surface area contributed by atoms with Crippen molar-refractivity contribution in [3.63, 3.8) is 0 Å². The van der Waals surface area contributed by atoms with E-state index >= 15 is 0 Å². The fourth-order valence-electron chi connectivity index (χ4n) is 4.17. The zero-order valence-electron chi connectivity index (χ0n) is 21.8. The largest absolute Gasteiger partial charge is 0.573 e. The standard InChI is InChI=1S/C28H24F3N3O6S/c1-38-21-13-9-20(10-14-21)34-25(36)23(15-24(35)32-19-7-5-18(6-8-19)26(37)39-2)33(27(34)41)16-17-3-11-22(12-4-17)40-28(29,30)31/h3-14,23H,15-16H2,1-2H3,(H,32,35)/t23-/m0/s1. The molecular formula is C28H24F3N3O6S. The van der Waals surface area contributed by atoms with Gasteiger partial charge in [0.2, 0.25) is 5.91 Å².